The maximum Gasteiger partial charge on any atom is 0.314 e. The zero-order valence-corrected chi connectivity index (χ0v) is 13.9. The van der Waals surface area contributed by atoms with E-state index in [0.29, 0.717) is 17.9 Å². The molecule has 1 aromatic carbocycles. The molecule has 8 heteroatoms. The van der Waals surface area contributed by atoms with Gasteiger partial charge in [0.25, 0.3) is 0 Å². The monoisotopic (exact) mass is 362 g/mol. The van der Waals surface area contributed by atoms with Crippen molar-refractivity contribution in [1.29, 1.82) is 0 Å². The second kappa shape index (κ2) is 7.22. The van der Waals surface area contributed by atoms with Gasteiger partial charge in [0.1, 0.15) is 15.9 Å². The van der Waals surface area contributed by atoms with Gasteiger partial charge in [-0.05, 0) is 24.6 Å². The maximum absolute atomic E-state index is 11.2. The van der Waals surface area contributed by atoms with Gasteiger partial charge in [-0.2, -0.15) is 0 Å². The van der Waals surface area contributed by atoms with E-state index in [2.05, 4.69) is 12.2 Å². The minimum absolute atomic E-state index is 0.268. The van der Waals surface area contributed by atoms with Gasteiger partial charge in [-0.3, -0.25) is 10.1 Å². The van der Waals surface area contributed by atoms with Gasteiger partial charge >= 0.3 is 5.70 Å². The largest absolute Gasteiger partial charge is 0.494 e. The molecule has 2 rings (SSSR count). The fourth-order valence-electron chi connectivity index (χ4n) is 1.96. The number of hydrogen-bond donors (Lipinski definition) is 1. The summed E-state index contributed by atoms with van der Waals surface area (Å²) in [4.78, 5) is 10.6. The number of allylic oxidation sites excluding steroid dienone is 1. The van der Waals surface area contributed by atoms with E-state index in [1.54, 1.807) is 18.2 Å². The van der Waals surface area contributed by atoms with Crippen LogP contribution in [0.4, 0.5) is 5.69 Å². The van der Waals surface area contributed by atoms with Crippen LogP contribution in [0.25, 0.3) is 5.70 Å². The first-order valence-corrected chi connectivity index (χ1v) is 7.73. The van der Waals surface area contributed by atoms with Crippen molar-refractivity contribution in [1.82, 2.24) is 0 Å². The number of nitrogens with one attached hydrogen (secondary N) is 1. The average Bonchev–Trinajstić information content (AvgIpc) is 2.45. The first kappa shape index (κ1) is 16.9. The van der Waals surface area contributed by atoms with Gasteiger partial charge in [0.05, 0.1) is 11.5 Å². The second-order valence-electron chi connectivity index (χ2n) is 4.59. The third kappa shape index (κ3) is 3.48. The van der Waals surface area contributed by atoms with Crippen molar-refractivity contribution >= 4 is 46.2 Å². The molecular weight excluding hydrogens is 351 g/mol. The number of anilines is 1. The maximum atomic E-state index is 11.2. The molecule has 0 atom stereocenters. The van der Waals surface area contributed by atoms with Gasteiger partial charge < -0.3 is 10.1 Å². The first-order valence-electron chi connectivity index (χ1n) is 6.59. The molecule has 1 aliphatic rings. The van der Waals surface area contributed by atoms with E-state index >= 15 is 0 Å². The molecule has 0 aliphatic carbocycles. The summed E-state index contributed by atoms with van der Waals surface area (Å²) in [6.07, 6.45) is 1.96. The van der Waals surface area contributed by atoms with E-state index in [1.807, 2.05) is 0 Å². The van der Waals surface area contributed by atoms with E-state index < -0.39 is 4.92 Å². The summed E-state index contributed by atoms with van der Waals surface area (Å²) in [5.41, 5.74) is 1.31. The molecule has 1 N–H and O–H groups in total. The molecule has 0 bridgehead atoms. The Morgan fingerprint density at radius 3 is 2.68 bits per heavy atom. The standard InChI is InChI=1S/C14H13Cl3N2O3/c1-2-3-6-22-8-4-5-10-9(7-8)12(18-10)13(19(20)21)11(15)14(16)17/h4-5,7,18H,2-3,6H2,1H3/b13-12+. The number of benzene rings is 1. The summed E-state index contributed by atoms with van der Waals surface area (Å²) < 4.78 is 5.24. The molecule has 5 nitrogen and oxygen atoms in total. The van der Waals surface area contributed by atoms with Gasteiger partial charge in [0, 0.05) is 11.3 Å². The Kier molecular flexibility index (Phi) is 5.56. The normalized spacial score (nSPS) is 14.4. The van der Waals surface area contributed by atoms with Crippen molar-refractivity contribution in [2.24, 2.45) is 0 Å². The molecule has 0 unspecified atom stereocenters. The molecule has 0 radical (unpaired) electrons. The zero-order chi connectivity index (χ0) is 16.3. The van der Waals surface area contributed by atoms with Crippen LogP contribution in [0.1, 0.15) is 25.3 Å². The molecule has 1 aromatic rings. The fourth-order valence-corrected chi connectivity index (χ4v) is 2.30. The average molecular weight is 364 g/mol. The minimum atomic E-state index is -0.622. The Hall–Kier alpha value is -1.43. The fraction of sp³-hybridized carbons (Fsp3) is 0.286. The molecule has 0 spiro atoms. The van der Waals surface area contributed by atoms with Crippen molar-refractivity contribution in [2.75, 3.05) is 11.9 Å². The van der Waals surface area contributed by atoms with Crippen LogP contribution in [-0.2, 0) is 0 Å². The molecule has 22 heavy (non-hydrogen) atoms. The van der Waals surface area contributed by atoms with Crippen molar-refractivity contribution in [3.05, 3.63) is 49.1 Å². The quantitative estimate of drug-likeness (QED) is 0.433. The van der Waals surface area contributed by atoms with Crippen molar-refractivity contribution in [2.45, 2.75) is 19.8 Å². The van der Waals surface area contributed by atoms with E-state index in [1.165, 1.54) is 0 Å². The van der Waals surface area contributed by atoms with E-state index in [4.69, 9.17) is 39.5 Å². The lowest BCUT2D eigenvalue weighted by Crippen LogP contribution is -2.18. The lowest BCUT2D eigenvalue weighted by atomic mass is 9.99. The summed E-state index contributed by atoms with van der Waals surface area (Å²) in [5.74, 6) is 0.644. The van der Waals surface area contributed by atoms with E-state index in [0.717, 1.165) is 18.5 Å². The third-order valence-corrected chi connectivity index (χ3v) is 4.02. The van der Waals surface area contributed by atoms with Crippen molar-refractivity contribution < 1.29 is 9.66 Å². The molecular formula is C14H13Cl3N2O3. The van der Waals surface area contributed by atoms with Crippen LogP contribution >= 0.6 is 34.8 Å². The summed E-state index contributed by atoms with van der Waals surface area (Å²) >= 11 is 17.0. The number of unbranched alkanes of at least 4 members (excludes halogenated alkanes) is 1. The molecule has 1 aliphatic heterocycles. The number of fused-ring (bicyclic) bond motifs is 1. The predicted octanol–water partition coefficient (Wildman–Crippen LogP) is 5.12. The van der Waals surface area contributed by atoms with Crippen LogP contribution in [0.5, 0.6) is 5.75 Å². The summed E-state index contributed by atoms with van der Waals surface area (Å²) in [6, 6.07) is 5.32. The Labute approximate surface area is 142 Å². The topological polar surface area (TPSA) is 64.4 Å². The molecule has 118 valence electrons. The van der Waals surface area contributed by atoms with E-state index in [-0.39, 0.29) is 20.9 Å². The Morgan fingerprint density at radius 2 is 2.09 bits per heavy atom. The van der Waals surface area contributed by atoms with Crippen LogP contribution in [0.15, 0.2) is 33.4 Å². The lowest BCUT2D eigenvalue weighted by molar-refractivity contribution is -0.418. The molecule has 1 heterocycles. The van der Waals surface area contributed by atoms with Crippen molar-refractivity contribution in [3.63, 3.8) is 0 Å². The molecule has 0 fully saturated rings. The van der Waals surface area contributed by atoms with Crippen LogP contribution in [0, 0.1) is 10.1 Å². The highest BCUT2D eigenvalue weighted by Crippen LogP contribution is 2.42. The SMILES string of the molecule is CCCCOc1ccc2c(c1)/C(=C(/C(Cl)=C(Cl)Cl)[N+](=O)[O-])N2. The first-order chi connectivity index (χ1) is 10.5. The van der Waals surface area contributed by atoms with Crippen LogP contribution in [-0.4, -0.2) is 11.5 Å². The molecule has 0 amide bonds. The number of ether oxygens (including phenoxy) is 1. The predicted molar refractivity (Wildman–Crippen MR) is 89.0 cm³/mol. The van der Waals surface area contributed by atoms with Crippen LogP contribution in [0.3, 0.4) is 0 Å². The third-order valence-electron chi connectivity index (χ3n) is 3.08. The highest BCUT2D eigenvalue weighted by molar-refractivity contribution is 6.60. The summed E-state index contributed by atoms with van der Waals surface area (Å²) in [7, 11) is 0. The Balaban J connectivity index is 2.37. The highest BCUT2D eigenvalue weighted by atomic mass is 35.5. The summed E-state index contributed by atoms with van der Waals surface area (Å²) in [6.45, 7) is 2.66. The van der Waals surface area contributed by atoms with Crippen molar-refractivity contribution in [3.8, 4) is 5.75 Å². The smallest absolute Gasteiger partial charge is 0.314 e. The molecule has 0 aromatic heterocycles. The lowest BCUT2D eigenvalue weighted by Gasteiger charge is -2.25. The molecule has 0 saturated carbocycles. The minimum Gasteiger partial charge on any atom is -0.494 e. The molecule has 0 saturated heterocycles. The second-order valence-corrected chi connectivity index (χ2v) is 5.92. The number of rotatable bonds is 6. The number of nitro groups is 1. The number of nitrogens with zero attached hydrogens (tertiary/aromatic N) is 1. The Morgan fingerprint density at radius 1 is 1.36 bits per heavy atom. The van der Waals surface area contributed by atoms with Gasteiger partial charge in [0.15, 0.2) is 5.03 Å². The van der Waals surface area contributed by atoms with Gasteiger partial charge in [-0.25, -0.2) is 0 Å². The van der Waals surface area contributed by atoms with Crippen LogP contribution < -0.4 is 10.1 Å². The van der Waals surface area contributed by atoms with Gasteiger partial charge in [-0.1, -0.05) is 48.1 Å². The van der Waals surface area contributed by atoms with E-state index in [9.17, 15) is 10.1 Å². The number of halogens is 3. The number of hydrogen-bond acceptors (Lipinski definition) is 4. The van der Waals surface area contributed by atoms with Gasteiger partial charge in [0.2, 0.25) is 0 Å². The van der Waals surface area contributed by atoms with Crippen LogP contribution in [0.2, 0.25) is 0 Å². The van der Waals surface area contributed by atoms with Gasteiger partial charge in [-0.15, -0.1) is 0 Å². The Bertz CT molecular complexity index is 667. The zero-order valence-electron chi connectivity index (χ0n) is 11.7. The highest BCUT2D eigenvalue weighted by Gasteiger charge is 2.33. The summed E-state index contributed by atoms with van der Waals surface area (Å²) in [5, 5.41) is 13.8.